The second-order valence-electron chi connectivity index (χ2n) is 20.4. The lowest BCUT2D eigenvalue weighted by molar-refractivity contribution is 1.67. The first kappa shape index (κ1) is 47.2. The van der Waals surface area contributed by atoms with Crippen LogP contribution in [-0.4, -0.2) is 0 Å². The van der Waals surface area contributed by atoms with Gasteiger partial charge in [-0.05, 0) is 171 Å². The highest BCUT2D eigenvalue weighted by Gasteiger charge is 2.27. The van der Waals surface area contributed by atoms with Crippen LogP contribution in [0.1, 0.15) is 0 Å². The Kier molecular flexibility index (Phi) is 10.5. The van der Waals surface area contributed by atoms with Gasteiger partial charge in [-0.1, -0.05) is 214 Å². The molecule has 0 saturated carbocycles. The quantitative estimate of drug-likeness (QED) is 0.122. The van der Waals surface area contributed by atoms with Crippen LogP contribution in [-0.2, 0) is 0 Å². The number of fused-ring (bicyclic) bond motifs is 7. The molecule has 0 bridgehead atoms. The van der Waals surface area contributed by atoms with Gasteiger partial charge in [0, 0.05) is 105 Å². The predicted molar refractivity (Wildman–Crippen MR) is 343 cm³/mol. The molecule has 0 saturated heterocycles. The highest BCUT2D eigenvalue weighted by atomic mass is 35.5. The standard InChI is InChI=1S/C70H32Cl8/c71-51-21-17-43-47(39-13-9-33-5-1-3-7-35(33)25-39)29-55(75)67-59(43)63(51)69-57(77)31-49(45-19-23-53(73)65(67)61(45)69)41-15-11-38-28-42(16-12-37(38)27-41)50-32-58(78)70-62-46(50)20-24-54(74)66(62)68-56(76)30-48(44-18-22-52(72)64(70)60(44)68)40-14-10-34-6-2-4-8-36(34)26-40/h1-32H. The van der Waals surface area contributed by atoms with Crippen LogP contribution >= 0.6 is 92.8 Å². The molecular formula is C70H32Cl8. The van der Waals surface area contributed by atoms with Gasteiger partial charge < -0.3 is 0 Å². The highest BCUT2D eigenvalue weighted by molar-refractivity contribution is 6.56. The van der Waals surface area contributed by atoms with E-state index >= 15 is 0 Å². The molecule has 0 spiro atoms. The Bertz CT molecular complexity index is 4990. The lowest BCUT2D eigenvalue weighted by Crippen LogP contribution is -1.94. The van der Waals surface area contributed by atoms with Gasteiger partial charge in [-0.15, -0.1) is 0 Å². The van der Waals surface area contributed by atoms with Gasteiger partial charge in [0.25, 0.3) is 0 Å². The Morgan fingerprint density at radius 1 is 0.167 bits per heavy atom. The first-order valence-corrected chi connectivity index (χ1v) is 28.3. The van der Waals surface area contributed by atoms with E-state index in [1.165, 1.54) is 10.8 Å². The van der Waals surface area contributed by atoms with Crippen molar-refractivity contribution in [1.29, 1.82) is 0 Å². The zero-order valence-corrected chi connectivity index (χ0v) is 46.5. The molecule has 0 aliphatic carbocycles. The average Bonchev–Trinajstić information content (AvgIpc) is 3.65. The molecule has 0 N–H and O–H groups in total. The molecule has 8 heteroatoms. The van der Waals surface area contributed by atoms with E-state index in [4.69, 9.17) is 92.8 Å². The molecule has 368 valence electrons. The fourth-order valence-electron chi connectivity index (χ4n) is 13.0. The van der Waals surface area contributed by atoms with E-state index in [0.717, 1.165) is 152 Å². The summed E-state index contributed by atoms with van der Waals surface area (Å²) in [6, 6.07) is 67.2. The van der Waals surface area contributed by atoms with Crippen molar-refractivity contribution >= 4 is 211 Å². The zero-order chi connectivity index (χ0) is 52.6. The maximum Gasteiger partial charge on any atom is 0.0498 e. The first-order chi connectivity index (χ1) is 38.0. The van der Waals surface area contributed by atoms with Crippen molar-refractivity contribution in [3.63, 3.8) is 0 Å². The van der Waals surface area contributed by atoms with Crippen LogP contribution < -0.4 is 0 Å². The molecule has 16 aromatic rings. The Morgan fingerprint density at radius 2 is 0.385 bits per heavy atom. The number of hydrogen-bond acceptors (Lipinski definition) is 0. The maximum absolute atomic E-state index is 7.56. The molecule has 0 amide bonds. The van der Waals surface area contributed by atoms with Gasteiger partial charge in [-0.2, -0.15) is 0 Å². The van der Waals surface area contributed by atoms with E-state index in [-0.39, 0.29) is 0 Å². The van der Waals surface area contributed by atoms with Crippen molar-refractivity contribution in [2.75, 3.05) is 0 Å². The number of hydrogen-bond donors (Lipinski definition) is 0. The summed E-state index contributed by atoms with van der Waals surface area (Å²) in [4.78, 5) is 0. The largest absolute Gasteiger partial charge is 0.0836 e. The lowest BCUT2D eigenvalue weighted by Gasteiger charge is -2.22. The summed E-state index contributed by atoms with van der Waals surface area (Å²) in [5.41, 5.74) is 8.02. The van der Waals surface area contributed by atoms with Gasteiger partial charge in [0.05, 0.1) is 0 Å². The van der Waals surface area contributed by atoms with Crippen LogP contribution in [0.25, 0.3) is 163 Å². The first-order valence-electron chi connectivity index (χ1n) is 25.3. The van der Waals surface area contributed by atoms with E-state index in [1.54, 1.807) is 0 Å². The number of halogens is 8. The minimum absolute atomic E-state index is 0.565. The van der Waals surface area contributed by atoms with Gasteiger partial charge in [-0.3, -0.25) is 0 Å². The van der Waals surface area contributed by atoms with Gasteiger partial charge in [-0.25, -0.2) is 0 Å². The molecule has 0 aromatic heterocycles. The maximum atomic E-state index is 7.56. The molecular weight excluding hydrogens is 1120 g/mol. The van der Waals surface area contributed by atoms with Crippen LogP contribution in [0.2, 0.25) is 40.2 Å². The van der Waals surface area contributed by atoms with Crippen molar-refractivity contribution in [1.82, 2.24) is 0 Å². The summed E-state index contributed by atoms with van der Waals surface area (Å²) in [5, 5.41) is 25.7. The van der Waals surface area contributed by atoms with Crippen molar-refractivity contribution in [2.24, 2.45) is 0 Å². The van der Waals surface area contributed by atoms with Gasteiger partial charge in [0.1, 0.15) is 0 Å². The highest BCUT2D eigenvalue weighted by Crippen LogP contribution is 2.56. The van der Waals surface area contributed by atoms with Crippen LogP contribution in [0.3, 0.4) is 0 Å². The topological polar surface area (TPSA) is 0 Å². The minimum atomic E-state index is 0.565. The third kappa shape index (κ3) is 6.70. The van der Waals surface area contributed by atoms with E-state index < -0.39 is 0 Å². The summed E-state index contributed by atoms with van der Waals surface area (Å²) in [5.74, 6) is 0. The van der Waals surface area contributed by atoms with E-state index in [9.17, 15) is 0 Å². The van der Waals surface area contributed by atoms with Crippen molar-refractivity contribution in [2.45, 2.75) is 0 Å². The molecule has 0 atom stereocenters. The molecule has 0 fully saturated rings. The van der Waals surface area contributed by atoms with Crippen LogP contribution in [0, 0.1) is 0 Å². The van der Waals surface area contributed by atoms with E-state index in [1.807, 2.05) is 24.3 Å². The molecule has 0 aliphatic heterocycles. The normalized spacial score (nSPS) is 12.4. The third-order valence-electron chi connectivity index (χ3n) is 16.4. The lowest BCUT2D eigenvalue weighted by atomic mass is 9.84. The minimum Gasteiger partial charge on any atom is -0.0836 e. The van der Waals surface area contributed by atoms with Crippen molar-refractivity contribution in [3.05, 3.63) is 234 Å². The molecule has 16 aromatic carbocycles. The van der Waals surface area contributed by atoms with Gasteiger partial charge >= 0.3 is 0 Å². The third-order valence-corrected chi connectivity index (χ3v) is 18.9. The Labute approximate surface area is 486 Å². The summed E-state index contributed by atoms with van der Waals surface area (Å²) in [6.45, 7) is 0. The predicted octanol–water partition coefficient (Wildman–Crippen LogP) is 25.1. The Balaban J connectivity index is 0.857. The van der Waals surface area contributed by atoms with Crippen molar-refractivity contribution in [3.8, 4) is 44.5 Å². The SMILES string of the molecule is Clc1ccc2c(-c3ccc4ccccc4c3)cc(Cl)c3c4c(Cl)ccc5c(-c6ccc7cc(-c8cc(Cl)c9c%10c(Cl)ccc%11c(-c%12ccc%13ccccc%13c%12)cc(Cl)c(c%12c(Cl)ccc8c%129)c%11%10)ccc7c6)cc(Cl)c(c1c23)c54. The Hall–Kier alpha value is -6.78. The van der Waals surface area contributed by atoms with Crippen LogP contribution in [0.15, 0.2) is 194 Å². The van der Waals surface area contributed by atoms with Crippen LogP contribution in [0.4, 0.5) is 0 Å². The molecule has 0 radical (unpaired) electrons. The fraction of sp³-hybridized carbons (Fsp3) is 0. The fourth-order valence-corrected chi connectivity index (χ4v) is 15.2. The second-order valence-corrected chi connectivity index (χ2v) is 23.7. The molecule has 78 heavy (non-hydrogen) atoms. The van der Waals surface area contributed by atoms with E-state index in [0.29, 0.717) is 40.2 Å². The smallest absolute Gasteiger partial charge is 0.0498 e. The number of rotatable bonds is 4. The Morgan fingerprint density at radius 3 is 0.654 bits per heavy atom. The molecule has 0 aliphatic rings. The average molecular weight is 1160 g/mol. The molecule has 0 unspecified atom stereocenters. The summed E-state index contributed by atoms with van der Waals surface area (Å²) in [6.07, 6.45) is 0. The van der Waals surface area contributed by atoms with Crippen molar-refractivity contribution < 1.29 is 0 Å². The second kappa shape index (κ2) is 17.4. The molecule has 0 nitrogen and oxygen atoms in total. The number of benzene rings is 16. The monoisotopic (exact) mass is 1150 g/mol. The molecule has 0 heterocycles. The van der Waals surface area contributed by atoms with E-state index in [2.05, 4.69) is 170 Å². The molecule has 16 rings (SSSR count). The summed E-state index contributed by atoms with van der Waals surface area (Å²) < 4.78 is 0. The van der Waals surface area contributed by atoms with Crippen LogP contribution in [0.5, 0.6) is 0 Å². The summed E-state index contributed by atoms with van der Waals surface area (Å²) in [7, 11) is 0. The van der Waals surface area contributed by atoms with Gasteiger partial charge in [0.15, 0.2) is 0 Å². The van der Waals surface area contributed by atoms with Gasteiger partial charge in [0.2, 0.25) is 0 Å². The zero-order valence-electron chi connectivity index (χ0n) is 40.5. The summed E-state index contributed by atoms with van der Waals surface area (Å²) >= 11 is 59.3.